The zero-order chi connectivity index (χ0) is 12.0. The Hall–Kier alpha value is -0.0900. The van der Waals surface area contributed by atoms with E-state index >= 15 is 0 Å². The average molecular weight is 280 g/mol. The van der Waals surface area contributed by atoms with Crippen LogP contribution in [-0.2, 0) is 4.79 Å². The molecule has 0 rings (SSSR count). The van der Waals surface area contributed by atoms with Crippen molar-refractivity contribution in [3.63, 3.8) is 0 Å². The van der Waals surface area contributed by atoms with Crippen molar-refractivity contribution >= 4 is 21.8 Å². The van der Waals surface area contributed by atoms with Crippen LogP contribution in [-0.4, -0.2) is 28.5 Å². The summed E-state index contributed by atoms with van der Waals surface area (Å²) < 4.78 is 0. The number of aliphatic hydroxyl groups excluding tert-OH is 1. The van der Waals surface area contributed by atoms with E-state index in [1.807, 2.05) is 13.8 Å². The summed E-state index contributed by atoms with van der Waals surface area (Å²) in [7, 11) is 0. The molecule has 0 aliphatic carbocycles. The first-order valence-electron chi connectivity index (χ1n) is 5.43. The number of hydrogen-bond acceptors (Lipinski definition) is 2. The van der Waals surface area contributed by atoms with Gasteiger partial charge in [0.2, 0.25) is 5.91 Å². The van der Waals surface area contributed by atoms with Crippen LogP contribution in [0.3, 0.4) is 0 Å². The van der Waals surface area contributed by atoms with Crippen molar-refractivity contribution in [2.45, 2.75) is 45.0 Å². The van der Waals surface area contributed by atoms with Crippen LogP contribution in [0.5, 0.6) is 0 Å². The van der Waals surface area contributed by atoms with Crippen LogP contribution in [0.1, 0.15) is 34.1 Å². The van der Waals surface area contributed by atoms with Crippen molar-refractivity contribution in [3.8, 4) is 0 Å². The van der Waals surface area contributed by atoms with E-state index in [2.05, 4.69) is 35.1 Å². The molecule has 2 N–H and O–H groups in total. The molecule has 0 saturated heterocycles. The van der Waals surface area contributed by atoms with E-state index in [9.17, 15) is 4.79 Å². The molecule has 0 saturated carbocycles. The van der Waals surface area contributed by atoms with Crippen LogP contribution in [0.4, 0.5) is 0 Å². The van der Waals surface area contributed by atoms with E-state index in [0.717, 1.165) is 6.42 Å². The number of halogens is 1. The molecule has 0 aromatic carbocycles. The molecule has 0 aromatic rings. The van der Waals surface area contributed by atoms with Gasteiger partial charge >= 0.3 is 0 Å². The minimum Gasteiger partial charge on any atom is -0.394 e. The molecule has 0 spiro atoms. The number of hydrogen-bond donors (Lipinski definition) is 2. The van der Waals surface area contributed by atoms with E-state index in [0.29, 0.717) is 5.92 Å². The third kappa shape index (κ3) is 6.15. The van der Waals surface area contributed by atoms with Crippen molar-refractivity contribution in [1.82, 2.24) is 5.32 Å². The van der Waals surface area contributed by atoms with E-state index in [-0.39, 0.29) is 29.3 Å². The van der Waals surface area contributed by atoms with E-state index in [1.54, 1.807) is 0 Å². The number of nitrogens with one attached hydrogen (secondary N) is 1. The summed E-state index contributed by atoms with van der Waals surface area (Å²) in [5.41, 5.74) is 0. The Bertz CT molecular complexity index is 195. The van der Waals surface area contributed by atoms with Gasteiger partial charge < -0.3 is 10.4 Å². The molecule has 0 aromatic heterocycles. The lowest BCUT2D eigenvalue weighted by Crippen LogP contribution is -2.44. The van der Waals surface area contributed by atoms with Crippen LogP contribution in [0.15, 0.2) is 0 Å². The van der Waals surface area contributed by atoms with Gasteiger partial charge in [-0.25, -0.2) is 0 Å². The Morgan fingerprint density at radius 1 is 1.33 bits per heavy atom. The minimum absolute atomic E-state index is 0.00912. The SMILES string of the molecule is CC(C)C[C@@H](Br)C(=O)N[C@H](CO)C(C)C. The summed E-state index contributed by atoms with van der Waals surface area (Å²) in [6.07, 6.45) is 0.808. The summed E-state index contributed by atoms with van der Waals surface area (Å²) in [6, 6.07) is -0.148. The number of rotatable bonds is 6. The Balaban J connectivity index is 4.10. The van der Waals surface area contributed by atoms with E-state index < -0.39 is 0 Å². The van der Waals surface area contributed by atoms with Gasteiger partial charge in [-0.1, -0.05) is 43.6 Å². The highest BCUT2D eigenvalue weighted by Gasteiger charge is 2.21. The summed E-state index contributed by atoms with van der Waals surface area (Å²) in [5.74, 6) is 0.695. The molecular weight excluding hydrogens is 258 g/mol. The maximum atomic E-state index is 11.7. The second kappa shape index (κ2) is 7.23. The van der Waals surface area contributed by atoms with Crippen molar-refractivity contribution in [3.05, 3.63) is 0 Å². The average Bonchev–Trinajstić information content (AvgIpc) is 2.11. The number of aliphatic hydroxyl groups is 1. The lowest BCUT2D eigenvalue weighted by atomic mass is 10.0. The Kier molecular flexibility index (Phi) is 7.18. The number of carbonyl (C=O) groups excluding carboxylic acids is 1. The maximum absolute atomic E-state index is 11.7. The molecular formula is C11H22BrNO2. The van der Waals surface area contributed by atoms with Gasteiger partial charge in [0, 0.05) is 0 Å². The van der Waals surface area contributed by atoms with Gasteiger partial charge in [0.15, 0.2) is 0 Å². The Labute approximate surface area is 101 Å². The Morgan fingerprint density at radius 3 is 2.20 bits per heavy atom. The number of amides is 1. The fourth-order valence-electron chi connectivity index (χ4n) is 1.22. The minimum atomic E-state index is -0.162. The Morgan fingerprint density at radius 2 is 1.87 bits per heavy atom. The van der Waals surface area contributed by atoms with Crippen molar-refractivity contribution in [2.24, 2.45) is 11.8 Å². The van der Waals surface area contributed by atoms with Crippen molar-refractivity contribution in [2.75, 3.05) is 6.61 Å². The van der Waals surface area contributed by atoms with Crippen LogP contribution in [0.25, 0.3) is 0 Å². The van der Waals surface area contributed by atoms with Crippen LogP contribution in [0.2, 0.25) is 0 Å². The van der Waals surface area contributed by atoms with E-state index in [1.165, 1.54) is 0 Å². The quantitative estimate of drug-likeness (QED) is 0.730. The second-order valence-electron chi connectivity index (χ2n) is 4.64. The highest BCUT2D eigenvalue weighted by Crippen LogP contribution is 2.13. The predicted octanol–water partition coefficient (Wildman–Crippen LogP) is 1.93. The standard InChI is InChI=1S/C11H22BrNO2/c1-7(2)5-9(12)11(15)13-10(6-14)8(3)4/h7-10,14H,5-6H2,1-4H3,(H,13,15)/t9-,10-/m1/s1. The largest absolute Gasteiger partial charge is 0.394 e. The van der Waals surface area contributed by atoms with Gasteiger partial charge in [0.1, 0.15) is 0 Å². The zero-order valence-electron chi connectivity index (χ0n) is 9.96. The summed E-state index contributed by atoms with van der Waals surface area (Å²) in [4.78, 5) is 11.5. The molecule has 90 valence electrons. The predicted molar refractivity (Wildman–Crippen MR) is 66.0 cm³/mol. The third-order valence-electron chi connectivity index (χ3n) is 2.29. The molecule has 0 radical (unpaired) electrons. The van der Waals surface area contributed by atoms with Gasteiger partial charge in [-0.3, -0.25) is 4.79 Å². The molecule has 0 aliphatic rings. The number of carbonyl (C=O) groups is 1. The van der Waals surface area contributed by atoms with Gasteiger partial charge in [-0.15, -0.1) is 0 Å². The summed E-state index contributed by atoms with van der Waals surface area (Å²) in [5, 5.41) is 11.9. The lowest BCUT2D eigenvalue weighted by Gasteiger charge is -2.22. The highest BCUT2D eigenvalue weighted by molar-refractivity contribution is 9.10. The summed E-state index contributed by atoms with van der Waals surface area (Å²) >= 11 is 3.36. The van der Waals surface area contributed by atoms with Gasteiger partial charge in [0.05, 0.1) is 17.5 Å². The van der Waals surface area contributed by atoms with Crippen molar-refractivity contribution < 1.29 is 9.90 Å². The first-order valence-corrected chi connectivity index (χ1v) is 6.35. The normalized spacial score (nSPS) is 15.5. The first-order chi connectivity index (χ1) is 6.88. The fourth-order valence-corrected chi connectivity index (χ4v) is 2.10. The molecule has 0 bridgehead atoms. The van der Waals surface area contributed by atoms with Crippen LogP contribution < -0.4 is 5.32 Å². The molecule has 4 heteroatoms. The number of alkyl halides is 1. The fraction of sp³-hybridized carbons (Fsp3) is 0.909. The smallest absolute Gasteiger partial charge is 0.234 e. The topological polar surface area (TPSA) is 49.3 Å². The van der Waals surface area contributed by atoms with E-state index in [4.69, 9.17) is 5.11 Å². The molecule has 0 unspecified atom stereocenters. The molecule has 0 aliphatic heterocycles. The molecule has 2 atom stereocenters. The molecule has 3 nitrogen and oxygen atoms in total. The highest BCUT2D eigenvalue weighted by atomic mass is 79.9. The van der Waals surface area contributed by atoms with Crippen molar-refractivity contribution in [1.29, 1.82) is 0 Å². The van der Waals surface area contributed by atoms with Crippen LogP contribution in [0, 0.1) is 11.8 Å². The second-order valence-corrected chi connectivity index (χ2v) is 5.74. The summed E-state index contributed by atoms with van der Waals surface area (Å²) in [6.45, 7) is 8.10. The van der Waals surface area contributed by atoms with Gasteiger partial charge in [0.25, 0.3) is 0 Å². The zero-order valence-corrected chi connectivity index (χ0v) is 11.5. The van der Waals surface area contributed by atoms with Crippen LogP contribution >= 0.6 is 15.9 Å². The molecule has 0 fully saturated rings. The monoisotopic (exact) mass is 279 g/mol. The molecule has 15 heavy (non-hydrogen) atoms. The van der Waals surface area contributed by atoms with Gasteiger partial charge in [-0.2, -0.15) is 0 Å². The first kappa shape index (κ1) is 14.9. The maximum Gasteiger partial charge on any atom is 0.234 e. The molecule has 0 heterocycles. The van der Waals surface area contributed by atoms with Gasteiger partial charge in [-0.05, 0) is 18.3 Å². The third-order valence-corrected chi connectivity index (χ3v) is 3.08. The lowest BCUT2D eigenvalue weighted by molar-refractivity contribution is -0.122. The molecule has 1 amide bonds.